The molecule has 0 bridgehead atoms. The normalized spacial score (nSPS) is 12.6. The second-order valence-corrected chi connectivity index (χ2v) is 4.13. The smallest absolute Gasteiger partial charge is 0.305 e. The van der Waals surface area contributed by atoms with E-state index in [-0.39, 0.29) is 10.8 Å². The lowest BCUT2D eigenvalue weighted by atomic mass is 10.3. The van der Waals surface area contributed by atoms with Crippen molar-refractivity contribution in [3.8, 4) is 0 Å². The first-order valence-electron chi connectivity index (χ1n) is 3.56. The zero-order valence-electron chi connectivity index (χ0n) is 6.48. The van der Waals surface area contributed by atoms with Gasteiger partial charge >= 0.3 is 5.97 Å². The highest BCUT2D eigenvalue weighted by molar-refractivity contribution is 9.12. The summed E-state index contributed by atoms with van der Waals surface area (Å²) in [4.78, 5) is 11.0. The van der Waals surface area contributed by atoms with Crippen molar-refractivity contribution in [1.82, 2.24) is 0 Å². The summed E-state index contributed by atoms with van der Waals surface area (Å²) < 4.78 is 4.92. The van der Waals surface area contributed by atoms with Crippen LogP contribution in [-0.4, -0.2) is 22.7 Å². The minimum atomic E-state index is -0.113. The fourth-order valence-corrected chi connectivity index (χ4v) is 0.823. The molecule has 0 aliphatic rings. The van der Waals surface area contributed by atoms with Gasteiger partial charge in [-0.05, 0) is 6.42 Å². The van der Waals surface area contributed by atoms with E-state index in [4.69, 9.17) is 4.74 Å². The van der Waals surface area contributed by atoms with Crippen molar-refractivity contribution in [3.63, 3.8) is 0 Å². The molecule has 66 valence electrons. The van der Waals surface area contributed by atoms with Crippen LogP contribution in [-0.2, 0) is 9.53 Å². The Hall–Kier alpha value is 0.430. The number of hydrogen-bond acceptors (Lipinski definition) is 2. The predicted molar refractivity (Wildman–Crippen MR) is 52.4 cm³/mol. The molecule has 4 heteroatoms. The third-order valence-corrected chi connectivity index (χ3v) is 3.29. The molecule has 0 N–H and O–H groups in total. The lowest BCUT2D eigenvalue weighted by Crippen LogP contribution is -2.14. The summed E-state index contributed by atoms with van der Waals surface area (Å²) in [6.07, 6.45) is 1.36. The Balaban J connectivity index is 3.30. The van der Waals surface area contributed by atoms with Crippen LogP contribution in [0.15, 0.2) is 0 Å². The summed E-state index contributed by atoms with van der Waals surface area (Å²) in [5, 5.41) is 0.798. The van der Waals surface area contributed by atoms with Crippen LogP contribution >= 0.6 is 31.9 Å². The second kappa shape index (κ2) is 7.10. The molecule has 0 fully saturated rings. The number of rotatable bonds is 5. The van der Waals surface area contributed by atoms with E-state index in [2.05, 4.69) is 31.9 Å². The number of alkyl halides is 2. The molecule has 0 aliphatic carbocycles. The van der Waals surface area contributed by atoms with Gasteiger partial charge in [0.15, 0.2) is 0 Å². The summed E-state index contributed by atoms with van der Waals surface area (Å²) in [5.74, 6) is -0.113. The van der Waals surface area contributed by atoms with E-state index in [9.17, 15) is 4.79 Å². The van der Waals surface area contributed by atoms with E-state index in [1.807, 2.05) is 6.92 Å². The van der Waals surface area contributed by atoms with Crippen LogP contribution in [0, 0.1) is 0 Å². The highest BCUT2D eigenvalue weighted by Crippen LogP contribution is 2.04. The third kappa shape index (κ3) is 6.81. The molecule has 0 aromatic rings. The van der Waals surface area contributed by atoms with Crippen LogP contribution in [0.1, 0.15) is 19.8 Å². The maximum absolute atomic E-state index is 10.8. The lowest BCUT2D eigenvalue weighted by molar-refractivity contribution is -0.143. The van der Waals surface area contributed by atoms with Crippen molar-refractivity contribution in [2.75, 3.05) is 11.9 Å². The summed E-state index contributed by atoms with van der Waals surface area (Å²) in [5.41, 5.74) is 0. The average Bonchev–Trinajstić information content (AvgIpc) is 2.01. The molecule has 0 unspecified atom stereocenters. The van der Waals surface area contributed by atoms with Crippen molar-refractivity contribution in [2.45, 2.75) is 24.6 Å². The number of halogens is 2. The molecule has 0 spiro atoms. The van der Waals surface area contributed by atoms with Gasteiger partial charge in [-0.15, -0.1) is 0 Å². The molecule has 0 aromatic heterocycles. The van der Waals surface area contributed by atoms with Gasteiger partial charge in [0, 0.05) is 11.8 Å². The van der Waals surface area contributed by atoms with E-state index >= 15 is 0 Å². The molecular weight excluding hydrogens is 276 g/mol. The van der Waals surface area contributed by atoms with Crippen LogP contribution in [0.25, 0.3) is 0 Å². The fourth-order valence-electron chi connectivity index (χ4n) is 0.504. The molecule has 0 aliphatic heterocycles. The Kier molecular flexibility index (Phi) is 7.38. The molecular formula is C7H12Br2O2. The molecule has 2 nitrogen and oxygen atoms in total. The second-order valence-electron chi connectivity index (χ2n) is 2.18. The Morgan fingerprint density at radius 2 is 2.27 bits per heavy atom. The van der Waals surface area contributed by atoms with Gasteiger partial charge in [-0.2, -0.15) is 0 Å². The van der Waals surface area contributed by atoms with Gasteiger partial charge in [-0.25, -0.2) is 0 Å². The van der Waals surface area contributed by atoms with Gasteiger partial charge in [0.2, 0.25) is 0 Å². The fraction of sp³-hybridized carbons (Fsp3) is 0.857. The van der Waals surface area contributed by atoms with Gasteiger partial charge in [-0.3, -0.25) is 4.79 Å². The Morgan fingerprint density at radius 1 is 1.64 bits per heavy atom. The standard InChI is InChI=1S/C7H12Br2O2/c1-2-3-7(10)11-5-6(9)4-8/h6H,2-5H2,1H3/t6-/m1/s1. The first-order chi connectivity index (χ1) is 5.20. The van der Waals surface area contributed by atoms with Crippen LogP contribution in [0.3, 0.4) is 0 Å². The van der Waals surface area contributed by atoms with Crippen molar-refractivity contribution in [1.29, 1.82) is 0 Å². The average molecular weight is 288 g/mol. The molecule has 0 radical (unpaired) electrons. The minimum Gasteiger partial charge on any atom is -0.464 e. The topological polar surface area (TPSA) is 26.3 Å². The largest absolute Gasteiger partial charge is 0.464 e. The predicted octanol–water partition coefficient (Wildman–Crippen LogP) is 2.49. The Morgan fingerprint density at radius 3 is 2.73 bits per heavy atom. The number of ether oxygens (including phenoxy) is 1. The third-order valence-electron chi connectivity index (χ3n) is 1.05. The molecule has 0 saturated heterocycles. The zero-order chi connectivity index (χ0) is 8.69. The van der Waals surface area contributed by atoms with Crippen LogP contribution < -0.4 is 0 Å². The van der Waals surface area contributed by atoms with Gasteiger partial charge in [0.05, 0.1) is 4.83 Å². The number of esters is 1. The van der Waals surface area contributed by atoms with Gasteiger partial charge < -0.3 is 4.74 Å². The molecule has 1 atom stereocenters. The van der Waals surface area contributed by atoms with Crippen molar-refractivity contribution in [2.24, 2.45) is 0 Å². The Bertz CT molecular complexity index is 117. The highest BCUT2D eigenvalue weighted by Gasteiger charge is 2.05. The minimum absolute atomic E-state index is 0.113. The molecule has 0 amide bonds. The SMILES string of the molecule is CCCC(=O)OC[C@H](Br)CBr. The molecule has 0 saturated carbocycles. The van der Waals surface area contributed by atoms with Crippen LogP contribution in [0.5, 0.6) is 0 Å². The quantitative estimate of drug-likeness (QED) is 0.574. The number of carbonyl (C=O) groups is 1. The van der Waals surface area contributed by atoms with E-state index < -0.39 is 0 Å². The van der Waals surface area contributed by atoms with E-state index in [0.717, 1.165) is 11.8 Å². The van der Waals surface area contributed by atoms with Crippen molar-refractivity contribution < 1.29 is 9.53 Å². The Labute approximate surface area is 83.9 Å². The summed E-state index contributed by atoms with van der Waals surface area (Å²) in [6, 6.07) is 0. The maximum Gasteiger partial charge on any atom is 0.305 e. The first kappa shape index (κ1) is 11.4. The monoisotopic (exact) mass is 286 g/mol. The molecule has 0 rings (SSSR count). The van der Waals surface area contributed by atoms with Gasteiger partial charge in [0.25, 0.3) is 0 Å². The van der Waals surface area contributed by atoms with Crippen LogP contribution in [0.2, 0.25) is 0 Å². The van der Waals surface area contributed by atoms with Gasteiger partial charge in [-0.1, -0.05) is 38.8 Å². The first-order valence-corrected chi connectivity index (χ1v) is 5.60. The maximum atomic E-state index is 10.8. The van der Waals surface area contributed by atoms with Crippen LogP contribution in [0.4, 0.5) is 0 Å². The summed E-state index contributed by atoms with van der Waals surface area (Å²) in [6.45, 7) is 2.40. The zero-order valence-corrected chi connectivity index (χ0v) is 9.65. The molecule has 11 heavy (non-hydrogen) atoms. The van der Waals surface area contributed by atoms with Crippen molar-refractivity contribution >= 4 is 37.8 Å². The lowest BCUT2D eigenvalue weighted by Gasteiger charge is -2.06. The van der Waals surface area contributed by atoms with E-state index in [1.54, 1.807) is 0 Å². The number of hydrogen-bond donors (Lipinski definition) is 0. The summed E-state index contributed by atoms with van der Waals surface area (Å²) in [7, 11) is 0. The summed E-state index contributed by atoms with van der Waals surface area (Å²) >= 11 is 6.60. The highest BCUT2D eigenvalue weighted by atomic mass is 79.9. The van der Waals surface area contributed by atoms with E-state index in [1.165, 1.54) is 0 Å². The van der Waals surface area contributed by atoms with E-state index in [0.29, 0.717) is 13.0 Å². The van der Waals surface area contributed by atoms with Crippen molar-refractivity contribution in [3.05, 3.63) is 0 Å². The van der Waals surface area contributed by atoms with Gasteiger partial charge in [0.1, 0.15) is 6.61 Å². The number of carbonyl (C=O) groups excluding carboxylic acids is 1. The molecule has 0 heterocycles. The molecule has 0 aromatic carbocycles.